The second kappa shape index (κ2) is 6.83. The van der Waals surface area contributed by atoms with Crippen molar-refractivity contribution in [3.8, 4) is 5.75 Å². The van der Waals surface area contributed by atoms with Gasteiger partial charge in [-0.25, -0.2) is 0 Å². The van der Waals surface area contributed by atoms with E-state index in [1.54, 1.807) is 7.11 Å². The lowest BCUT2D eigenvalue weighted by molar-refractivity contribution is -0.134. The number of ether oxygens (including phenoxy) is 1. The van der Waals surface area contributed by atoms with Crippen LogP contribution in [0.2, 0.25) is 0 Å². The quantitative estimate of drug-likeness (QED) is 0.852. The summed E-state index contributed by atoms with van der Waals surface area (Å²) in [6.07, 6.45) is 2.06. The van der Waals surface area contributed by atoms with Crippen molar-refractivity contribution >= 4 is 11.8 Å². The number of rotatable bonds is 4. The molecule has 0 unspecified atom stereocenters. The molecule has 5 nitrogen and oxygen atoms in total. The molecule has 1 aromatic carbocycles. The van der Waals surface area contributed by atoms with Gasteiger partial charge in [-0.1, -0.05) is 13.8 Å². The summed E-state index contributed by atoms with van der Waals surface area (Å²) in [6, 6.07) is 5.64. The van der Waals surface area contributed by atoms with Gasteiger partial charge in [-0.05, 0) is 42.5 Å². The summed E-state index contributed by atoms with van der Waals surface area (Å²) in [4.78, 5) is 28.6. The number of carbonyl (C=O) groups is 2. The molecule has 0 spiro atoms. The third kappa shape index (κ3) is 3.40. The Hall–Kier alpha value is -2.04. The van der Waals surface area contributed by atoms with E-state index in [9.17, 15) is 9.59 Å². The molecule has 1 aromatic rings. The Labute approximate surface area is 143 Å². The fourth-order valence-corrected chi connectivity index (χ4v) is 3.22. The minimum atomic E-state index is 0.0399. The average Bonchev–Trinajstić information content (AvgIpc) is 3.45. The molecule has 1 saturated carbocycles. The zero-order chi connectivity index (χ0) is 17.3. The van der Waals surface area contributed by atoms with Gasteiger partial charge in [-0.3, -0.25) is 9.59 Å². The van der Waals surface area contributed by atoms with Gasteiger partial charge >= 0.3 is 0 Å². The highest BCUT2D eigenvalue weighted by Crippen LogP contribution is 2.31. The minimum Gasteiger partial charge on any atom is -0.496 e. The van der Waals surface area contributed by atoms with E-state index < -0.39 is 0 Å². The summed E-state index contributed by atoms with van der Waals surface area (Å²) in [5.41, 5.74) is 1.74. The van der Waals surface area contributed by atoms with E-state index >= 15 is 0 Å². The van der Waals surface area contributed by atoms with Crippen molar-refractivity contribution in [3.05, 3.63) is 29.3 Å². The number of hydrogen-bond acceptors (Lipinski definition) is 3. The molecule has 1 aliphatic heterocycles. The number of piperazine rings is 1. The normalized spacial score (nSPS) is 18.0. The van der Waals surface area contributed by atoms with Crippen molar-refractivity contribution in [2.75, 3.05) is 33.3 Å². The summed E-state index contributed by atoms with van der Waals surface area (Å²) in [7, 11) is 1.65. The molecule has 0 atom stereocenters. The summed E-state index contributed by atoms with van der Waals surface area (Å²) >= 11 is 0. The van der Waals surface area contributed by atoms with Gasteiger partial charge in [0.15, 0.2) is 0 Å². The Morgan fingerprint density at radius 3 is 2.25 bits per heavy atom. The minimum absolute atomic E-state index is 0.0399. The Bertz CT molecular complexity index is 629. The second-order valence-corrected chi connectivity index (χ2v) is 7.00. The molecule has 3 rings (SSSR count). The van der Waals surface area contributed by atoms with Crippen LogP contribution in [-0.4, -0.2) is 54.9 Å². The van der Waals surface area contributed by atoms with E-state index in [1.807, 2.05) is 28.0 Å². The van der Waals surface area contributed by atoms with E-state index in [4.69, 9.17) is 4.74 Å². The standard InChI is InChI=1S/C19H26N2O3/c1-13(2)16-12-15(6-7-17(16)24-3)19(23)21-10-8-20(9-11-21)18(22)14-4-5-14/h6-7,12-14H,4-5,8-11H2,1-3H3. The third-order valence-corrected chi connectivity index (χ3v) is 4.90. The Balaban J connectivity index is 1.66. The highest BCUT2D eigenvalue weighted by Gasteiger charge is 2.35. The maximum absolute atomic E-state index is 12.8. The van der Waals surface area contributed by atoms with Crippen LogP contribution in [0.15, 0.2) is 18.2 Å². The molecule has 24 heavy (non-hydrogen) atoms. The highest BCUT2D eigenvalue weighted by atomic mass is 16.5. The predicted molar refractivity (Wildman–Crippen MR) is 92.3 cm³/mol. The van der Waals surface area contributed by atoms with Crippen molar-refractivity contribution in [1.82, 2.24) is 9.80 Å². The molecule has 0 bridgehead atoms. The zero-order valence-corrected chi connectivity index (χ0v) is 14.7. The maximum atomic E-state index is 12.8. The molecule has 0 radical (unpaired) electrons. The predicted octanol–water partition coefficient (Wildman–Crippen LogP) is 2.51. The van der Waals surface area contributed by atoms with Gasteiger partial charge in [-0.15, -0.1) is 0 Å². The lowest BCUT2D eigenvalue weighted by atomic mass is 9.99. The number of methoxy groups -OCH3 is 1. The van der Waals surface area contributed by atoms with Crippen molar-refractivity contribution in [2.45, 2.75) is 32.6 Å². The van der Waals surface area contributed by atoms with Gasteiger partial charge in [-0.2, -0.15) is 0 Å². The molecule has 0 aromatic heterocycles. The second-order valence-electron chi connectivity index (χ2n) is 7.00. The zero-order valence-electron chi connectivity index (χ0n) is 14.7. The van der Waals surface area contributed by atoms with Gasteiger partial charge in [0.05, 0.1) is 7.11 Å². The molecule has 0 N–H and O–H groups in total. The Morgan fingerprint density at radius 1 is 1.08 bits per heavy atom. The summed E-state index contributed by atoms with van der Waals surface area (Å²) in [5.74, 6) is 1.68. The van der Waals surface area contributed by atoms with Crippen LogP contribution in [0.3, 0.4) is 0 Å². The van der Waals surface area contributed by atoms with E-state index in [1.165, 1.54) is 0 Å². The monoisotopic (exact) mass is 330 g/mol. The summed E-state index contributed by atoms with van der Waals surface area (Å²) < 4.78 is 5.39. The first-order chi connectivity index (χ1) is 11.5. The van der Waals surface area contributed by atoms with Crippen molar-refractivity contribution in [2.24, 2.45) is 5.92 Å². The first-order valence-corrected chi connectivity index (χ1v) is 8.77. The topological polar surface area (TPSA) is 49.9 Å². The highest BCUT2D eigenvalue weighted by molar-refractivity contribution is 5.95. The van der Waals surface area contributed by atoms with Gasteiger partial charge in [0.1, 0.15) is 5.75 Å². The molecule has 2 fully saturated rings. The largest absolute Gasteiger partial charge is 0.496 e. The van der Waals surface area contributed by atoms with Crippen molar-refractivity contribution in [1.29, 1.82) is 0 Å². The van der Waals surface area contributed by atoms with Gasteiger partial charge in [0.25, 0.3) is 5.91 Å². The van der Waals surface area contributed by atoms with E-state index in [2.05, 4.69) is 13.8 Å². The van der Waals surface area contributed by atoms with Crippen LogP contribution in [-0.2, 0) is 4.79 Å². The lowest BCUT2D eigenvalue weighted by Gasteiger charge is -2.35. The molecule has 2 amide bonds. The number of hydrogen-bond donors (Lipinski definition) is 0. The fraction of sp³-hybridized carbons (Fsp3) is 0.579. The van der Waals surface area contributed by atoms with Crippen molar-refractivity contribution < 1.29 is 14.3 Å². The first-order valence-electron chi connectivity index (χ1n) is 8.77. The fourth-order valence-electron chi connectivity index (χ4n) is 3.22. The Morgan fingerprint density at radius 2 is 1.71 bits per heavy atom. The maximum Gasteiger partial charge on any atom is 0.253 e. The average molecular weight is 330 g/mol. The SMILES string of the molecule is COc1ccc(C(=O)N2CCN(C(=O)C3CC3)CC2)cc1C(C)C. The molecule has 1 heterocycles. The van der Waals surface area contributed by atoms with Gasteiger partial charge in [0, 0.05) is 37.7 Å². The lowest BCUT2D eigenvalue weighted by Crippen LogP contribution is -2.51. The van der Waals surface area contributed by atoms with Crippen LogP contribution in [0.25, 0.3) is 0 Å². The number of amides is 2. The van der Waals surface area contributed by atoms with E-state index in [-0.39, 0.29) is 17.7 Å². The molecule has 130 valence electrons. The molecule has 1 saturated heterocycles. The summed E-state index contributed by atoms with van der Waals surface area (Å²) in [6.45, 7) is 6.70. The van der Waals surface area contributed by atoms with Crippen LogP contribution in [0.5, 0.6) is 5.75 Å². The third-order valence-electron chi connectivity index (χ3n) is 4.90. The van der Waals surface area contributed by atoms with Crippen LogP contribution < -0.4 is 4.74 Å². The molecule has 1 aliphatic carbocycles. The van der Waals surface area contributed by atoms with Crippen LogP contribution in [0, 0.1) is 5.92 Å². The Kier molecular flexibility index (Phi) is 4.78. The number of benzene rings is 1. The molecular weight excluding hydrogens is 304 g/mol. The molecule has 2 aliphatic rings. The van der Waals surface area contributed by atoms with E-state index in [0.29, 0.717) is 37.7 Å². The molecule has 5 heteroatoms. The number of carbonyl (C=O) groups excluding carboxylic acids is 2. The van der Waals surface area contributed by atoms with E-state index in [0.717, 1.165) is 24.2 Å². The van der Waals surface area contributed by atoms with Crippen LogP contribution in [0.1, 0.15) is 48.5 Å². The molecular formula is C19H26N2O3. The van der Waals surface area contributed by atoms with Crippen molar-refractivity contribution in [3.63, 3.8) is 0 Å². The number of nitrogens with zero attached hydrogens (tertiary/aromatic N) is 2. The van der Waals surface area contributed by atoms with Gasteiger partial charge in [0.2, 0.25) is 5.91 Å². The van der Waals surface area contributed by atoms with Gasteiger partial charge < -0.3 is 14.5 Å². The van der Waals surface area contributed by atoms with Crippen LogP contribution in [0.4, 0.5) is 0 Å². The first kappa shape index (κ1) is 16.8. The smallest absolute Gasteiger partial charge is 0.253 e. The van der Waals surface area contributed by atoms with Crippen LogP contribution >= 0.6 is 0 Å². The summed E-state index contributed by atoms with van der Waals surface area (Å²) in [5, 5.41) is 0.